The Morgan fingerprint density at radius 3 is 1.95 bits per heavy atom. The lowest BCUT2D eigenvalue weighted by Crippen LogP contribution is -2.37. The Kier molecular flexibility index (Phi) is 7.85. The van der Waals surface area contributed by atoms with Crippen LogP contribution in [0.15, 0.2) is 204 Å². The van der Waals surface area contributed by atoms with E-state index in [9.17, 15) is 0 Å². The van der Waals surface area contributed by atoms with Crippen LogP contribution in [0.3, 0.4) is 0 Å². The molecule has 0 aliphatic carbocycles. The van der Waals surface area contributed by atoms with E-state index in [1.165, 1.54) is 87.4 Å². The van der Waals surface area contributed by atoms with Crippen LogP contribution in [0.25, 0.3) is 38.6 Å². The van der Waals surface area contributed by atoms with Gasteiger partial charge >= 0.3 is 0 Å². The highest BCUT2D eigenvalue weighted by atomic mass is 32.2. The average molecular weight is 738 g/mol. The van der Waals surface area contributed by atoms with E-state index < -0.39 is 5.41 Å². The van der Waals surface area contributed by atoms with Crippen molar-refractivity contribution in [3.8, 4) is 16.8 Å². The third-order valence-corrected chi connectivity index (χ3v) is 13.1. The van der Waals surface area contributed by atoms with Gasteiger partial charge in [0.25, 0.3) is 0 Å². The van der Waals surface area contributed by atoms with Gasteiger partial charge in [-0.2, -0.15) is 0 Å². The third-order valence-electron chi connectivity index (χ3n) is 12.0. The smallest absolute Gasteiger partial charge is 0.0840 e. The highest BCUT2D eigenvalue weighted by molar-refractivity contribution is 7.99. The molecule has 268 valence electrons. The molecule has 3 nitrogen and oxygen atoms in total. The predicted molar refractivity (Wildman–Crippen MR) is 232 cm³/mol. The maximum absolute atomic E-state index is 3.96. The van der Waals surface area contributed by atoms with Crippen LogP contribution < -0.4 is 10.6 Å². The molecule has 56 heavy (non-hydrogen) atoms. The van der Waals surface area contributed by atoms with Gasteiger partial charge in [-0.15, -0.1) is 0 Å². The molecular weight excluding hydrogens is 699 g/mol. The van der Waals surface area contributed by atoms with E-state index >= 15 is 0 Å². The minimum absolute atomic E-state index is 0.0320. The van der Waals surface area contributed by atoms with E-state index in [1.807, 2.05) is 18.8 Å². The molecular formula is C52H39N3S. The van der Waals surface area contributed by atoms with Gasteiger partial charge in [0.2, 0.25) is 0 Å². The molecule has 1 aromatic heterocycles. The van der Waals surface area contributed by atoms with Crippen molar-refractivity contribution in [1.29, 1.82) is 0 Å². The van der Waals surface area contributed by atoms with Crippen molar-refractivity contribution in [2.75, 3.05) is 7.05 Å². The number of hydrogen-bond donors (Lipinski definition) is 2. The molecule has 11 rings (SSSR count). The van der Waals surface area contributed by atoms with Gasteiger partial charge in [-0.3, -0.25) is 5.32 Å². The Hall–Kier alpha value is -6.17. The average Bonchev–Trinajstić information content (AvgIpc) is 3.61. The Labute approximate surface area is 331 Å². The van der Waals surface area contributed by atoms with Gasteiger partial charge in [-0.1, -0.05) is 169 Å². The second kappa shape index (κ2) is 13.2. The number of rotatable bonds is 7. The van der Waals surface area contributed by atoms with Gasteiger partial charge in [-0.25, -0.2) is 0 Å². The van der Waals surface area contributed by atoms with Crippen LogP contribution in [-0.2, 0) is 5.41 Å². The first kappa shape index (κ1) is 33.2. The number of hydrogen-bond acceptors (Lipinski definition) is 3. The van der Waals surface area contributed by atoms with Gasteiger partial charge < -0.3 is 9.88 Å². The molecule has 0 amide bonds. The number of fused-ring (bicyclic) bond motifs is 11. The summed E-state index contributed by atoms with van der Waals surface area (Å²) < 4.78 is 2.52. The fourth-order valence-electron chi connectivity index (χ4n) is 9.59. The molecule has 2 N–H and O–H groups in total. The molecule has 0 bridgehead atoms. The summed E-state index contributed by atoms with van der Waals surface area (Å²) in [5, 5.41) is 10.1. The summed E-state index contributed by atoms with van der Waals surface area (Å²) in [5.41, 5.74) is 14.6. The molecule has 0 radical (unpaired) electrons. The maximum atomic E-state index is 3.96. The molecule has 0 saturated heterocycles. The largest absolute Gasteiger partial charge is 0.309 e. The van der Waals surface area contributed by atoms with Crippen LogP contribution >= 0.6 is 11.8 Å². The number of benzene rings is 8. The monoisotopic (exact) mass is 737 g/mol. The van der Waals surface area contributed by atoms with E-state index in [2.05, 4.69) is 209 Å². The highest BCUT2D eigenvalue weighted by Crippen LogP contribution is 2.60. The van der Waals surface area contributed by atoms with E-state index in [1.54, 1.807) is 0 Å². The molecule has 3 unspecified atom stereocenters. The summed E-state index contributed by atoms with van der Waals surface area (Å²) in [6.45, 7) is 0. The zero-order valence-electron chi connectivity index (χ0n) is 31.0. The van der Waals surface area contributed by atoms with Crippen LogP contribution in [-0.4, -0.2) is 11.6 Å². The van der Waals surface area contributed by atoms with Crippen LogP contribution in [0.1, 0.15) is 51.2 Å². The standard InChI is InChI=1S/C52H39N3S/c1-53-51(35-18-6-3-7-19-35)54-49(34-16-4-2-5-17-34)38-21-14-20-36(32-38)37-30-31-48-44(33-37)52(42-25-10-13-29-47(42)56-48)41-24-9-12-28-46(41)55-45-27-11-8-22-39(45)40-23-15-26-43(52)50(40)55/h2-33,49,51,53-54H,1H3. The van der Waals surface area contributed by atoms with E-state index in [0.29, 0.717) is 0 Å². The predicted octanol–water partition coefficient (Wildman–Crippen LogP) is 12.2. The van der Waals surface area contributed by atoms with Crippen molar-refractivity contribution in [2.24, 2.45) is 0 Å². The fraction of sp³-hybridized carbons (Fsp3) is 0.0769. The normalized spacial score (nSPS) is 16.3. The number of aromatic nitrogens is 1. The highest BCUT2D eigenvalue weighted by Gasteiger charge is 2.49. The molecule has 8 aromatic carbocycles. The molecule has 0 saturated carbocycles. The van der Waals surface area contributed by atoms with Gasteiger partial charge in [-0.05, 0) is 93.5 Å². The molecule has 2 aliphatic heterocycles. The molecule has 9 aromatic rings. The van der Waals surface area contributed by atoms with Crippen LogP contribution in [0.4, 0.5) is 0 Å². The molecule has 3 heterocycles. The first-order valence-electron chi connectivity index (χ1n) is 19.4. The SMILES string of the molecule is CNC(NC(c1ccccc1)c1cccc(-c2ccc3c(c2)C2(c4ccccc4S3)c3ccccc3-n3c4ccccc4c4cccc2c43)c1)c1ccccc1. The Balaban J connectivity index is 1.13. The fourth-order valence-corrected chi connectivity index (χ4v) is 10.8. The van der Waals surface area contributed by atoms with E-state index in [0.717, 1.165) is 0 Å². The molecule has 0 fully saturated rings. The van der Waals surface area contributed by atoms with Crippen molar-refractivity contribution in [3.05, 3.63) is 233 Å². The first-order chi connectivity index (χ1) is 27.7. The minimum Gasteiger partial charge on any atom is -0.309 e. The zero-order chi connectivity index (χ0) is 37.2. The summed E-state index contributed by atoms with van der Waals surface area (Å²) in [5.74, 6) is 0. The quantitative estimate of drug-likeness (QED) is 0.160. The maximum Gasteiger partial charge on any atom is 0.0840 e. The lowest BCUT2D eigenvalue weighted by atomic mass is 9.62. The summed E-state index contributed by atoms with van der Waals surface area (Å²) in [4.78, 5) is 2.60. The summed E-state index contributed by atoms with van der Waals surface area (Å²) >= 11 is 1.89. The zero-order valence-corrected chi connectivity index (χ0v) is 31.8. The first-order valence-corrected chi connectivity index (χ1v) is 20.2. The van der Waals surface area contributed by atoms with Gasteiger partial charge in [0.15, 0.2) is 0 Å². The summed E-state index contributed by atoms with van der Waals surface area (Å²) in [7, 11) is 2.02. The molecule has 4 heteroatoms. The van der Waals surface area contributed by atoms with Gasteiger partial charge in [0, 0.05) is 20.6 Å². The van der Waals surface area contributed by atoms with Crippen LogP contribution in [0.2, 0.25) is 0 Å². The summed E-state index contributed by atoms with van der Waals surface area (Å²) in [6.07, 6.45) is -0.0320. The second-order valence-corrected chi connectivity index (χ2v) is 16.0. The van der Waals surface area contributed by atoms with Crippen LogP contribution in [0.5, 0.6) is 0 Å². The van der Waals surface area contributed by atoms with E-state index in [-0.39, 0.29) is 12.2 Å². The van der Waals surface area contributed by atoms with Gasteiger partial charge in [0.05, 0.1) is 34.3 Å². The number of nitrogens with zero attached hydrogens (tertiary/aromatic N) is 1. The number of para-hydroxylation sites is 3. The molecule has 1 spiro atoms. The lowest BCUT2D eigenvalue weighted by Gasteiger charge is -2.45. The van der Waals surface area contributed by atoms with Crippen LogP contribution in [0, 0.1) is 0 Å². The molecule has 3 atom stereocenters. The van der Waals surface area contributed by atoms with Crippen molar-refractivity contribution >= 4 is 33.6 Å². The minimum atomic E-state index is -0.519. The van der Waals surface area contributed by atoms with Crippen molar-refractivity contribution in [1.82, 2.24) is 15.2 Å². The number of nitrogens with one attached hydrogen (secondary N) is 2. The third kappa shape index (κ3) is 4.93. The van der Waals surface area contributed by atoms with E-state index in [4.69, 9.17) is 0 Å². The topological polar surface area (TPSA) is 29.0 Å². The Morgan fingerprint density at radius 1 is 0.482 bits per heavy atom. The summed E-state index contributed by atoms with van der Waals surface area (Å²) in [6, 6.07) is 71.7. The Bertz CT molecular complexity index is 2930. The second-order valence-electron chi connectivity index (χ2n) is 14.9. The van der Waals surface area contributed by atoms with Gasteiger partial charge in [0.1, 0.15) is 0 Å². The van der Waals surface area contributed by atoms with Crippen molar-refractivity contribution in [2.45, 2.75) is 27.4 Å². The lowest BCUT2D eigenvalue weighted by molar-refractivity contribution is 0.436. The molecule has 2 aliphatic rings. The Morgan fingerprint density at radius 2 is 1.11 bits per heavy atom. The van der Waals surface area contributed by atoms with Crippen molar-refractivity contribution < 1.29 is 0 Å². The van der Waals surface area contributed by atoms with Crippen molar-refractivity contribution in [3.63, 3.8) is 0 Å².